The molecule has 0 aromatic heterocycles. The van der Waals surface area contributed by atoms with E-state index in [2.05, 4.69) is 0 Å². The van der Waals surface area contributed by atoms with Crippen LogP contribution in [0.2, 0.25) is 0 Å². The topological polar surface area (TPSA) is 0 Å². The molecule has 1 aromatic carbocycles. The molecule has 0 aliphatic heterocycles. The van der Waals surface area contributed by atoms with Gasteiger partial charge in [0.15, 0.2) is 0 Å². The van der Waals surface area contributed by atoms with Crippen molar-refractivity contribution in [2.75, 3.05) is 0 Å². The van der Waals surface area contributed by atoms with Gasteiger partial charge in [0.05, 0.1) is 0 Å². The predicted octanol–water partition coefficient (Wildman–Crippen LogP) is 0.480. The average molecular weight is 201 g/mol. The summed E-state index contributed by atoms with van der Waals surface area (Å²) < 4.78 is 36.8. The second kappa shape index (κ2) is 2.36. The summed E-state index contributed by atoms with van der Waals surface area (Å²) in [4.78, 5) is 0. The first-order valence-electron chi connectivity index (χ1n) is 4.25. The fraction of sp³-hybridized carbons (Fsp3) is 0. The molecule has 0 bridgehead atoms. The summed E-state index contributed by atoms with van der Waals surface area (Å²) in [5, 5.41) is 0. The summed E-state index contributed by atoms with van der Waals surface area (Å²) in [6.45, 7) is 0. The van der Waals surface area contributed by atoms with Gasteiger partial charge in [-0.25, -0.2) is 0 Å². The van der Waals surface area contributed by atoms with E-state index in [4.69, 9.17) is 6.85 Å². The molecular formula is C6H5Sn+3. The van der Waals surface area contributed by atoms with Gasteiger partial charge in [-0.2, -0.15) is 0 Å². The van der Waals surface area contributed by atoms with Crippen molar-refractivity contribution >= 4 is 26.1 Å². The Morgan fingerprint density at radius 2 is 1.86 bits per heavy atom. The van der Waals surface area contributed by atoms with Gasteiger partial charge < -0.3 is 0 Å². The van der Waals surface area contributed by atoms with Crippen LogP contribution in [0.25, 0.3) is 0 Å². The summed E-state index contributed by atoms with van der Waals surface area (Å²) in [6.07, 6.45) is 0. The summed E-state index contributed by atoms with van der Waals surface area (Å²) in [5.74, 6) is 0. The third-order valence-electron chi connectivity index (χ3n) is 0.500. The molecule has 0 aliphatic rings. The van der Waals surface area contributed by atoms with Crippen LogP contribution < -0.4 is 3.58 Å². The zero-order valence-electron chi connectivity index (χ0n) is 8.50. The second-order valence-corrected chi connectivity index (χ2v) is 2.43. The number of hydrogen-bond donors (Lipinski definition) is 0. The predicted molar refractivity (Wildman–Crippen MR) is 31.8 cm³/mol. The monoisotopic (exact) mass is 202 g/mol. The third-order valence-corrected chi connectivity index (χ3v) is 1.21. The van der Waals surface area contributed by atoms with Gasteiger partial charge >= 0.3 is 63.2 Å². The maximum absolute atomic E-state index is 7.33. The van der Waals surface area contributed by atoms with Gasteiger partial charge in [-0.3, -0.25) is 0 Å². The van der Waals surface area contributed by atoms with Gasteiger partial charge in [-0.1, -0.05) is 0 Å². The molecule has 0 heterocycles. The summed E-state index contributed by atoms with van der Waals surface area (Å²) in [7, 11) is 0. The maximum atomic E-state index is 7.33. The minimum atomic E-state index is -0.323. The fourth-order valence-corrected chi connectivity index (χ4v) is 0.607. The SMILES string of the molecule is [2H]c1c([2H])c([2H])[c]([Sn+3])c([2H])c1[2H]. The molecule has 0 saturated carbocycles. The molecule has 0 fully saturated rings. The molecule has 0 atom stereocenters. The third kappa shape index (κ3) is 1.51. The van der Waals surface area contributed by atoms with Gasteiger partial charge in [0.2, 0.25) is 0 Å². The number of rotatable bonds is 0. The standard InChI is InChI=1S/C6H5.Sn/c1-2-4-6-5-3-1;/h1-5H;/q;+3/i1D,2D,3D,4D,5D;. The molecule has 0 spiro atoms. The first-order valence-corrected chi connectivity index (χ1v) is 3.18. The molecule has 0 amide bonds. The molecule has 0 radical (unpaired) electrons. The van der Waals surface area contributed by atoms with Crippen LogP contribution >= 0.6 is 0 Å². The Kier molecular flexibility index (Phi) is 0.593. The van der Waals surface area contributed by atoms with Crippen molar-refractivity contribution in [3.8, 4) is 0 Å². The first-order chi connectivity index (χ1) is 5.46. The Morgan fingerprint density at radius 3 is 2.43 bits per heavy atom. The van der Waals surface area contributed by atoms with Crippen molar-refractivity contribution in [2.24, 2.45) is 0 Å². The van der Waals surface area contributed by atoms with Crippen LogP contribution in [-0.2, 0) is 0 Å². The Hall–Kier alpha value is 0.0187. The summed E-state index contributed by atoms with van der Waals surface area (Å²) >= 11 is 0.841. The number of benzene rings is 1. The molecule has 1 aromatic rings. The van der Waals surface area contributed by atoms with Crippen LogP contribution in [0.1, 0.15) is 6.85 Å². The van der Waals surface area contributed by atoms with E-state index in [1.54, 1.807) is 0 Å². The van der Waals surface area contributed by atoms with E-state index in [9.17, 15) is 0 Å². The molecule has 0 aliphatic carbocycles. The Balaban J connectivity index is 3.60. The Morgan fingerprint density at radius 1 is 1.29 bits per heavy atom. The van der Waals surface area contributed by atoms with Crippen molar-refractivity contribution in [3.05, 3.63) is 30.2 Å². The molecule has 0 saturated heterocycles. The van der Waals surface area contributed by atoms with Gasteiger partial charge in [0.25, 0.3) is 0 Å². The van der Waals surface area contributed by atoms with Gasteiger partial charge in [0.1, 0.15) is 0 Å². The van der Waals surface area contributed by atoms with E-state index >= 15 is 0 Å². The van der Waals surface area contributed by atoms with E-state index in [1.165, 1.54) is 0 Å². The molecule has 1 rings (SSSR count). The summed E-state index contributed by atoms with van der Waals surface area (Å²) in [6, 6.07) is -0.986. The summed E-state index contributed by atoms with van der Waals surface area (Å²) in [5.41, 5.74) is 0. The van der Waals surface area contributed by atoms with Crippen LogP contribution in [0.5, 0.6) is 0 Å². The molecule has 0 nitrogen and oxygen atoms in total. The second-order valence-electron chi connectivity index (χ2n) is 1.00. The van der Waals surface area contributed by atoms with Crippen molar-refractivity contribution in [2.45, 2.75) is 0 Å². The van der Waals surface area contributed by atoms with Crippen molar-refractivity contribution in [1.29, 1.82) is 0 Å². The zero-order chi connectivity index (χ0) is 9.46. The molecule has 0 N–H and O–H groups in total. The van der Waals surface area contributed by atoms with Gasteiger partial charge in [0, 0.05) is 0 Å². The fourth-order valence-electron chi connectivity index (χ4n) is 0.250. The van der Waals surface area contributed by atoms with Gasteiger partial charge in [-0.15, -0.1) is 0 Å². The first kappa shape index (κ1) is 1.76. The molecule has 0 unspecified atom stereocenters. The van der Waals surface area contributed by atoms with Crippen LogP contribution in [-0.4, -0.2) is 22.5 Å². The van der Waals surface area contributed by atoms with Crippen LogP contribution in [0.4, 0.5) is 0 Å². The van der Waals surface area contributed by atoms with Crippen LogP contribution in [0.3, 0.4) is 0 Å². The van der Waals surface area contributed by atoms with Crippen LogP contribution in [0.15, 0.2) is 30.2 Å². The Bertz CT molecular complexity index is 230. The van der Waals surface area contributed by atoms with Crippen LogP contribution in [0, 0.1) is 0 Å². The van der Waals surface area contributed by atoms with E-state index in [1.807, 2.05) is 0 Å². The molecule has 7 heavy (non-hydrogen) atoms. The Labute approximate surface area is 63.7 Å². The van der Waals surface area contributed by atoms with Gasteiger partial charge in [-0.05, 0) is 0 Å². The van der Waals surface area contributed by atoms with E-state index in [0.29, 0.717) is 3.58 Å². The normalized spacial score (nSPS) is 18.9. The minimum absolute atomic E-state index is 0.0841. The quantitative estimate of drug-likeness (QED) is 0.535. The molecular weight excluding hydrogens is 191 g/mol. The number of hydrogen-bond acceptors (Lipinski definition) is 0. The molecule has 30 valence electrons. The van der Waals surface area contributed by atoms with Crippen molar-refractivity contribution < 1.29 is 6.85 Å². The van der Waals surface area contributed by atoms with E-state index in [0.717, 1.165) is 22.5 Å². The average Bonchev–Trinajstić information content (AvgIpc) is 2.08. The van der Waals surface area contributed by atoms with E-state index < -0.39 is 0 Å². The molecule has 1 heteroatoms. The van der Waals surface area contributed by atoms with Crippen molar-refractivity contribution in [1.82, 2.24) is 0 Å². The van der Waals surface area contributed by atoms with Crippen molar-refractivity contribution in [3.63, 3.8) is 0 Å². The zero-order valence-corrected chi connectivity index (χ0v) is 6.35. The van der Waals surface area contributed by atoms with E-state index in [-0.39, 0.29) is 30.2 Å².